The Hall–Kier alpha value is -2.92. The van der Waals surface area contributed by atoms with Crippen molar-refractivity contribution >= 4 is 38.7 Å². The quantitative estimate of drug-likeness (QED) is 0.411. The summed E-state index contributed by atoms with van der Waals surface area (Å²) in [5.41, 5.74) is 5.80. The van der Waals surface area contributed by atoms with Gasteiger partial charge in [0.1, 0.15) is 0 Å². The maximum atomic E-state index is 13.9. The largest absolute Gasteiger partial charge is 0.395 e. The second-order valence-electron chi connectivity index (χ2n) is 12.1. The number of aryl methyl sites for hydroxylation is 1. The molecule has 0 radical (unpaired) electrons. The average Bonchev–Trinajstić information content (AvgIpc) is 3.50. The summed E-state index contributed by atoms with van der Waals surface area (Å²) in [7, 11) is -3.72. The molecule has 1 amide bonds. The molecule has 4 aliphatic rings. The van der Waals surface area contributed by atoms with Gasteiger partial charge in [-0.05, 0) is 91.8 Å². The highest BCUT2D eigenvalue weighted by Crippen LogP contribution is 2.54. The van der Waals surface area contributed by atoms with Gasteiger partial charge in [-0.2, -0.15) is 0 Å². The number of sulfonamides is 1. The third-order valence-corrected chi connectivity index (χ3v) is 10.5. The van der Waals surface area contributed by atoms with Crippen LogP contribution in [0.4, 0.5) is 31.5 Å². The van der Waals surface area contributed by atoms with Gasteiger partial charge < -0.3 is 20.2 Å². The monoisotopic (exact) mass is 588 g/mol. The number of hydrogen-bond donors (Lipinski definition) is 3. The van der Waals surface area contributed by atoms with Crippen molar-refractivity contribution in [2.24, 2.45) is 5.41 Å². The van der Waals surface area contributed by atoms with E-state index in [9.17, 15) is 22.0 Å². The lowest BCUT2D eigenvalue weighted by Crippen LogP contribution is -2.39. The first kappa shape index (κ1) is 28.2. The topological polar surface area (TPSA) is 102 Å². The van der Waals surface area contributed by atoms with Crippen LogP contribution in [-0.2, 0) is 22.9 Å². The molecule has 2 aromatic carbocycles. The molecule has 2 heterocycles. The Kier molecular flexibility index (Phi) is 7.38. The van der Waals surface area contributed by atoms with E-state index in [4.69, 9.17) is 5.11 Å². The van der Waals surface area contributed by atoms with E-state index in [1.165, 1.54) is 18.4 Å². The molecule has 11 heteroatoms. The zero-order chi connectivity index (χ0) is 28.8. The highest BCUT2D eigenvalue weighted by atomic mass is 32.2. The van der Waals surface area contributed by atoms with Crippen LogP contribution in [0.15, 0.2) is 30.3 Å². The summed E-state index contributed by atoms with van der Waals surface area (Å²) in [6.07, 6.45) is 7.00. The van der Waals surface area contributed by atoms with Gasteiger partial charge >= 0.3 is 0 Å². The van der Waals surface area contributed by atoms with Crippen LogP contribution in [0.3, 0.4) is 0 Å². The fourth-order valence-electron chi connectivity index (χ4n) is 6.61. The zero-order valence-corrected chi connectivity index (χ0v) is 24.0. The minimum absolute atomic E-state index is 0.173. The minimum Gasteiger partial charge on any atom is -0.395 e. The predicted octanol–water partition coefficient (Wildman–Crippen LogP) is 4.78. The number of hydrogen-bond acceptors (Lipinski definition) is 6. The first-order valence-electron chi connectivity index (χ1n) is 14.7. The zero-order valence-electron chi connectivity index (χ0n) is 23.2. The van der Waals surface area contributed by atoms with Crippen LogP contribution in [-0.4, -0.2) is 63.9 Å². The smallest absolute Gasteiger partial charge is 0.257 e. The summed E-state index contributed by atoms with van der Waals surface area (Å²) in [4.78, 5) is 17.9. The molecule has 0 aromatic heterocycles. The fraction of sp³-hybridized carbons (Fsp3) is 0.567. The number of alkyl halides is 2. The summed E-state index contributed by atoms with van der Waals surface area (Å²) in [6, 6.07) is 8.83. The van der Waals surface area contributed by atoms with E-state index in [2.05, 4.69) is 14.9 Å². The third-order valence-electron chi connectivity index (χ3n) is 9.28. The first-order valence-corrected chi connectivity index (χ1v) is 16.3. The van der Waals surface area contributed by atoms with Gasteiger partial charge in [-0.15, -0.1) is 0 Å². The van der Waals surface area contributed by atoms with Crippen molar-refractivity contribution in [3.63, 3.8) is 0 Å². The van der Waals surface area contributed by atoms with Gasteiger partial charge in [-0.3, -0.25) is 9.52 Å². The lowest BCUT2D eigenvalue weighted by Gasteiger charge is -2.35. The predicted molar refractivity (Wildman–Crippen MR) is 157 cm³/mol. The van der Waals surface area contributed by atoms with Gasteiger partial charge in [0.25, 0.3) is 11.8 Å². The number of nitrogens with one attached hydrogen (secondary N) is 2. The number of aliphatic hydroxyl groups is 1. The number of nitrogens with zero attached hydrogens (tertiary/aromatic N) is 2. The number of rotatable bonds is 8. The van der Waals surface area contributed by atoms with Crippen LogP contribution in [0.2, 0.25) is 0 Å². The fourth-order valence-corrected chi connectivity index (χ4v) is 7.44. The average molecular weight is 589 g/mol. The van der Waals surface area contributed by atoms with E-state index in [1.807, 2.05) is 17.0 Å². The standard InChI is InChI=1S/C30H38F2N4O4S/c31-30(32)10-14-36(15-11-30)26-20-23(18-21-2-1-3-24(21)26)33-28(38)25-5-4-22(34-41(39,40)17-16-37)19-27(25)35-12-8-29(6-7-29)9-13-35/h4-5,18-20,34,37H,1-3,6-17H2,(H,33,38). The molecule has 41 heavy (non-hydrogen) atoms. The Morgan fingerprint density at radius 1 is 0.878 bits per heavy atom. The second kappa shape index (κ2) is 10.7. The summed E-state index contributed by atoms with van der Waals surface area (Å²) in [6.45, 7) is 1.65. The summed E-state index contributed by atoms with van der Waals surface area (Å²) < 4.78 is 54.9. The molecule has 6 rings (SSSR count). The molecule has 3 N–H and O–H groups in total. The van der Waals surface area contributed by atoms with E-state index in [0.29, 0.717) is 28.0 Å². The molecular weight excluding hydrogens is 550 g/mol. The van der Waals surface area contributed by atoms with Crippen LogP contribution < -0.4 is 19.8 Å². The lowest BCUT2D eigenvalue weighted by atomic mass is 9.93. The van der Waals surface area contributed by atoms with E-state index in [1.54, 1.807) is 18.2 Å². The van der Waals surface area contributed by atoms with Crippen molar-refractivity contribution in [1.29, 1.82) is 0 Å². The SMILES string of the molecule is O=C(Nc1cc2c(c(N3CCC(F)(F)CC3)c1)CCC2)c1ccc(NS(=O)(=O)CCO)cc1N1CCC2(CC1)CC2. The van der Waals surface area contributed by atoms with Crippen molar-refractivity contribution in [3.05, 3.63) is 47.0 Å². The number of aliphatic hydroxyl groups excluding tert-OH is 1. The van der Waals surface area contributed by atoms with Gasteiger partial charge in [-0.1, -0.05) is 0 Å². The molecule has 2 aromatic rings. The molecule has 0 bridgehead atoms. The van der Waals surface area contributed by atoms with Crippen molar-refractivity contribution in [3.8, 4) is 0 Å². The molecular formula is C30H38F2N4O4S. The number of piperidine rings is 2. The number of anilines is 4. The summed E-state index contributed by atoms with van der Waals surface area (Å²) in [5, 5.41) is 12.2. The van der Waals surface area contributed by atoms with E-state index in [0.717, 1.165) is 56.4 Å². The number of benzene rings is 2. The maximum Gasteiger partial charge on any atom is 0.257 e. The Balaban J connectivity index is 1.28. The number of amides is 1. The van der Waals surface area contributed by atoms with E-state index in [-0.39, 0.29) is 31.8 Å². The Morgan fingerprint density at radius 3 is 2.22 bits per heavy atom. The Bertz CT molecular complexity index is 1420. The van der Waals surface area contributed by atoms with Crippen LogP contribution in [0.1, 0.15) is 66.4 Å². The van der Waals surface area contributed by atoms with Gasteiger partial charge in [0.05, 0.1) is 29.3 Å². The summed E-state index contributed by atoms with van der Waals surface area (Å²) in [5.74, 6) is -3.34. The van der Waals surface area contributed by atoms with E-state index >= 15 is 0 Å². The molecule has 0 unspecified atom stereocenters. The number of halogens is 2. The first-order chi connectivity index (χ1) is 19.6. The highest BCUT2D eigenvalue weighted by Gasteiger charge is 2.44. The van der Waals surface area contributed by atoms with Crippen molar-refractivity contribution < 1.29 is 27.1 Å². The van der Waals surface area contributed by atoms with Crippen molar-refractivity contribution in [2.45, 2.75) is 63.7 Å². The molecule has 0 atom stereocenters. The van der Waals surface area contributed by atoms with Crippen LogP contribution in [0.5, 0.6) is 0 Å². The van der Waals surface area contributed by atoms with Gasteiger partial charge in [0.15, 0.2) is 0 Å². The minimum atomic E-state index is -3.72. The van der Waals surface area contributed by atoms with Crippen molar-refractivity contribution in [2.75, 3.05) is 58.4 Å². The molecule has 222 valence electrons. The molecule has 2 saturated heterocycles. The second-order valence-corrected chi connectivity index (χ2v) is 14.0. The van der Waals surface area contributed by atoms with Gasteiger partial charge in [0.2, 0.25) is 10.0 Å². The highest BCUT2D eigenvalue weighted by molar-refractivity contribution is 7.92. The van der Waals surface area contributed by atoms with Crippen LogP contribution in [0.25, 0.3) is 0 Å². The number of carbonyl (C=O) groups excluding carboxylic acids is 1. The van der Waals surface area contributed by atoms with Gasteiger partial charge in [-0.25, -0.2) is 17.2 Å². The number of carbonyl (C=O) groups is 1. The normalized spacial score (nSPS) is 21.0. The van der Waals surface area contributed by atoms with E-state index < -0.39 is 28.3 Å². The molecule has 1 saturated carbocycles. The third kappa shape index (κ3) is 6.16. The maximum absolute atomic E-state index is 13.9. The molecule has 2 aliphatic carbocycles. The lowest BCUT2D eigenvalue weighted by molar-refractivity contribution is -0.0220. The summed E-state index contributed by atoms with van der Waals surface area (Å²) >= 11 is 0. The van der Waals surface area contributed by atoms with Crippen molar-refractivity contribution in [1.82, 2.24) is 0 Å². The van der Waals surface area contributed by atoms with Gasteiger partial charge in [0, 0.05) is 50.4 Å². The molecule has 1 spiro atoms. The Labute approximate surface area is 240 Å². The molecule has 8 nitrogen and oxygen atoms in total. The Morgan fingerprint density at radius 2 is 1.54 bits per heavy atom. The van der Waals surface area contributed by atoms with Crippen LogP contribution in [0, 0.1) is 5.41 Å². The number of fused-ring (bicyclic) bond motifs is 1. The molecule has 2 aliphatic heterocycles. The molecule has 3 fully saturated rings. The van der Waals surface area contributed by atoms with Crippen LogP contribution >= 0.6 is 0 Å².